The van der Waals surface area contributed by atoms with Crippen molar-refractivity contribution >= 4 is 0 Å². The Morgan fingerprint density at radius 2 is 1.90 bits per heavy atom. The second kappa shape index (κ2) is 7.32. The lowest BCUT2D eigenvalue weighted by Crippen LogP contribution is -2.08. The highest BCUT2D eigenvalue weighted by Crippen LogP contribution is 2.22. The molecule has 2 aromatic rings. The minimum atomic E-state index is 0.637. The Balaban J connectivity index is 2.01. The third kappa shape index (κ3) is 4.11. The topological polar surface area (TPSA) is 45.0 Å². The lowest BCUT2D eigenvalue weighted by molar-refractivity contribution is 0.482. The number of nitrogens with one attached hydrogen (secondary N) is 1. The van der Waals surface area contributed by atoms with Crippen LogP contribution in [0.4, 0.5) is 0 Å². The first-order valence-corrected chi connectivity index (χ1v) is 6.73. The zero-order valence-corrected chi connectivity index (χ0v) is 11.6. The molecule has 0 unspecified atom stereocenters. The number of aryl methyl sites for hydroxylation is 1. The molecular weight excluding hydrogens is 248 g/mol. The molecule has 102 valence electrons. The van der Waals surface area contributed by atoms with Gasteiger partial charge in [0.25, 0.3) is 0 Å². The van der Waals surface area contributed by atoms with Crippen LogP contribution in [0.3, 0.4) is 0 Å². The van der Waals surface area contributed by atoms with Crippen LogP contribution in [0.25, 0.3) is 0 Å². The van der Waals surface area contributed by atoms with E-state index >= 15 is 0 Å². The summed E-state index contributed by atoms with van der Waals surface area (Å²) in [5, 5.41) is 11.9. The van der Waals surface area contributed by atoms with E-state index in [0.717, 1.165) is 30.9 Å². The summed E-state index contributed by atoms with van der Waals surface area (Å²) in [4.78, 5) is 0. The predicted octanol–water partition coefficient (Wildman–Crippen LogP) is 3.50. The third-order valence-electron chi connectivity index (χ3n) is 3.01. The fourth-order valence-electron chi connectivity index (χ4n) is 1.97. The fourth-order valence-corrected chi connectivity index (χ4v) is 1.97. The molecule has 20 heavy (non-hydrogen) atoms. The van der Waals surface area contributed by atoms with Crippen LogP contribution in [0.15, 0.2) is 48.5 Å². The van der Waals surface area contributed by atoms with E-state index < -0.39 is 0 Å². The molecule has 0 aliphatic carbocycles. The van der Waals surface area contributed by atoms with Crippen molar-refractivity contribution in [3.05, 3.63) is 59.7 Å². The SMILES string of the molecule is CNCCCc1cccc(Oc2ccc(C#N)cc2)c1. The van der Waals surface area contributed by atoms with Gasteiger partial charge in [-0.25, -0.2) is 0 Å². The van der Waals surface area contributed by atoms with Gasteiger partial charge in [-0.15, -0.1) is 0 Å². The molecule has 0 heterocycles. The molecule has 2 rings (SSSR count). The van der Waals surface area contributed by atoms with Gasteiger partial charge in [0.15, 0.2) is 0 Å². The second-order valence-corrected chi connectivity index (χ2v) is 4.59. The van der Waals surface area contributed by atoms with Crippen molar-refractivity contribution in [3.8, 4) is 17.6 Å². The Morgan fingerprint density at radius 3 is 2.60 bits per heavy atom. The minimum Gasteiger partial charge on any atom is -0.457 e. The quantitative estimate of drug-likeness (QED) is 0.814. The molecule has 0 fully saturated rings. The van der Waals surface area contributed by atoms with Crippen LogP contribution in [-0.2, 0) is 6.42 Å². The Bertz CT molecular complexity index is 585. The monoisotopic (exact) mass is 266 g/mol. The molecule has 0 spiro atoms. The number of hydrogen-bond acceptors (Lipinski definition) is 3. The highest BCUT2D eigenvalue weighted by Gasteiger charge is 2.00. The number of ether oxygens (including phenoxy) is 1. The Kier molecular flexibility index (Phi) is 5.16. The van der Waals surface area contributed by atoms with Gasteiger partial charge in [0, 0.05) is 0 Å². The van der Waals surface area contributed by atoms with E-state index in [1.165, 1.54) is 5.56 Å². The van der Waals surface area contributed by atoms with Crippen LogP contribution in [0, 0.1) is 11.3 Å². The summed E-state index contributed by atoms with van der Waals surface area (Å²) in [7, 11) is 1.96. The summed E-state index contributed by atoms with van der Waals surface area (Å²) in [5.41, 5.74) is 1.91. The molecular formula is C17H18N2O. The average Bonchev–Trinajstić information content (AvgIpc) is 2.49. The van der Waals surface area contributed by atoms with E-state index in [9.17, 15) is 0 Å². The molecule has 0 aliphatic heterocycles. The fraction of sp³-hybridized carbons (Fsp3) is 0.235. The van der Waals surface area contributed by atoms with Crippen LogP contribution in [0.1, 0.15) is 17.5 Å². The van der Waals surface area contributed by atoms with Gasteiger partial charge in [0.1, 0.15) is 11.5 Å². The predicted molar refractivity (Wildman–Crippen MR) is 79.9 cm³/mol. The maximum absolute atomic E-state index is 8.76. The average molecular weight is 266 g/mol. The first-order valence-electron chi connectivity index (χ1n) is 6.73. The normalized spacial score (nSPS) is 10.0. The molecule has 2 aromatic carbocycles. The lowest BCUT2D eigenvalue weighted by Gasteiger charge is -2.08. The van der Waals surface area contributed by atoms with E-state index in [4.69, 9.17) is 10.00 Å². The molecule has 0 bridgehead atoms. The van der Waals surface area contributed by atoms with Crippen LogP contribution in [0.2, 0.25) is 0 Å². The summed E-state index contributed by atoms with van der Waals surface area (Å²) < 4.78 is 5.80. The van der Waals surface area contributed by atoms with Gasteiger partial charge in [-0.3, -0.25) is 0 Å². The summed E-state index contributed by atoms with van der Waals surface area (Å²) >= 11 is 0. The summed E-state index contributed by atoms with van der Waals surface area (Å²) in [6.45, 7) is 1.01. The van der Waals surface area contributed by atoms with Crippen molar-refractivity contribution in [2.24, 2.45) is 0 Å². The molecule has 3 nitrogen and oxygen atoms in total. The largest absolute Gasteiger partial charge is 0.457 e. The van der Waals surface area contributed by atoms with E-state index in [0.29, 0.717) is 5.56 Å². The Labute approximate surface area is 119 Å². The van der Waals surface area contributed by atoms with E-state index in [1.54, 1.807) is 12.1 Å². The molecule has 3 heteroatoms. The van der Waals surface area contributed by atoms with Gasteiger partial charge >= 0.3 is 0 Å². The first kappa shape index (κ1) is 14.1. The van der Waals surface area contributed by atoms with Crippen molar-refractivity contribution in [2.75, 3.05) is 13.6 Å². The van der Waals surface area contributed by atoms with Crippen LogP contribution in [0.5, 0.6) is 11.5 Å². The number of rotatable bonds is 6. The zero-order chi connectivity index (χ0) is 14.2. The highest BCUT2D eigenvalue weighted by atomic mass is 16.5. The highest BCUT2D eigenvalue weighted by molar-refractivity contribution is 5.38. The smallest absolute Gasteiger partial charge is 0.127 e. The maximum Gasteiger partial charge on any atom is 0.127 e. The summed E-state index contributed by atoms with van der Waals surface area (Å²) in [6.07, 6.45) is 2.14. The summed E-state index contributed by atoms with van der Waals surface area (Å²) in [6, 6.07) is 17.4. The van der Waals surface area contributed by atoms with Crippen molar-refractivity contribution in [2.45, 2.75) is 12.8 Å². The molecule has 0 amide bonds. The number of benzene rings is 2. The van der Waals surface area contributed by atoms with Gasteiger partial charge in [0.2, 0.25) is 0 Å². The van der Waals surface area contributed by atoms with E-state index in [1.807, 2.05) is 31.3 Å². The Morgan fingerprint density at radius 1 is 1.10 bits per heavy atom. The standard InChI is InChI=1S/C17H18N2O/c1-19-11-3-5-14-4-2-6-17(12-14)20-16-9-7-15(13-18)8-10-16/h2,4,6-10,12,19H,3,5,11H2,1H3. The van der Waals surface area contributed by atoms with Crippen molar-refractivity contribution < 1.29 is 4.74 Å². The van der Waals surface area contributed by atoms with E-state index in [-0.39, 0.29) is 0 Å². The zero-order valence-electron chi connectivity index (χ0n) is 11.6. The molecule has 0 atom stereocenters. The van der Waals surface area contributed by atoms with Gasteiger partial charge in [0.05, 0.1) is 11.6 Å². The lowest BCUT2D eigenvalue weighted by atomic mass is 10.1. The third-order valence-corrected chi connectivity index (χ3v) is 3.01. The summed E-state index contributed by atoms with van der Waals surface area (Å²) in [5.74, 6) is 1.58. The van der Waals surface area contributed by atoms with E-state index in [2.05, 4.69) is 23.5 Å². The second-order valence-electron chi connectivity index (χ2n) is 4.59. The van der Waals surface area contributed by atoms with Crippen molar-refractivity contribution in [1.29, 1.82) is 5.26 Å². The molecule has 1 N–H and O–H groups in total. The number of hydrogen-bond donors (Lipinski definition) is 1. The molecule has 0 aromatic heterocycles. The van der Waals surface area contributed by atoms with Gasteiger partial charge in [-0.1, -0.05) is 12.1 Å². The van der Waals surface area contributed by atoms with Crippen LogP contribution in [-0.4, -0.2) is 13.6 Å². The molecule has 0 saturated carbocycles. The molecule has 0 saturated heterocycles. The molecule has 0 aliphatic rings. The number of nitriles is 1. The van der Waals surface area contributed by atoms with Gasteiger partial charge in [-0.05, 0) is 68.4 Å². The maximum atomic E-state index is 8.76. The number of nitrogens with zero attached hydrogens (tertiary/aromatic N) is 1. The van der Waals surface area contributed by atoms with Gasteiger partial charge < -0.3 is 10.1 Å². The van der Waals surface area contributed by atoms with Crippen LogP contribution < -0.4 is 10.1 Å². The van der Waals surface area contributed by atoms with Crippen molar-refractivity contribution in [1.82, 2.24) is 5.32 Å². The van der Waals surface area contributed by atoms with Crippen LogP contribution >= 0.6 is 0 Å². The Hall–Kier alpha value is -2.31. The van der Waals surface area contributed by atoms with Crippen molar-refractivity contribution in [3.63, 3.8) is 0 Å². The minimum absolute atomic E-state index is 0.637. The molecule has 0 radical (unpaired) electrons. The van der Waals surface area contributed by atoms with Gasteiger partial charge in [-0.2, -0.15) is 5.26 Å². The first-order chi connectivity index (χ1) is 9.81.